The summed E-state index contributed by atoms with van der Waals surface area (Å²) in [5.74, 6) is 1.31. The molecule has 1 aromatic carbocycles. The molecule has 29 heavy (non-hydrogen) atoms. The first-order valence-electron chi connectivity index (χ1n) is 9.56. The Balaban J connectivity index is 1.44. The second-order valence-corrected chi connectivity index (χ2v) is 9.26. The molecule has 0 radical (unpaired) electrons. The highest BCUT2D eigenvalue weighted by molar-refractivity contribution is 9.10. The molecule has 1 amide bonds. The lowest BCUT2D eigenvalue weighted by Gasteiger charge is -2.19. The maximum absolute atomic E-state index is 12.6. The number of aromatic amines is 1. The van der Waals surface area contributed by atoms with Crippen LogP contribution >= 0.6 is 27.3 Å². The molecule has 0 saturated heterocycles. The molecule has 1 aliphatic rings. The first kappa shape index (κ1) is 20.1. The molecule has 3 aromatic rings. The minimum absolute atomic E-state index is 0.0107. The molecule has 0 fully saturated rings. The number of nitrogens with one attached hydrogen (secondary N) is 1. The first-order valence-corrected chi connectivity index (χ1v) is 11.2. The van der Waals surface area contributed by atoms with Crippen LogP contribution < -0.4 is 10.3 Å². The van der Waals surface area contributed by atoms with E-state index in [0.717, 1.165) is 45.3 Å². The zero-order chi connectivity index (χ0) is 20.5. The fourth-order valence-electron chi connectivity index (χ4n) is 3.80. The van der Waals surface area contributed by atoms with Crippen molar-refractivity contribution in [2.45, 2.75) is 38.6 Å². The molecule has 0 bridgehead atoms. The van der Waals surface area contributed by atoms with E-state index in [1.807, 2.05) is 18.2 Å². The topological polar surface area (TPSA) is 75.3 Å². The number of H-pyrrole nitrogens is 1. The molecule has 2 aromatic heterocycles. The maximum atomic E-state index is 12.6. The Bertz CT molecular complexity index is 1140. The SMILES string of the molecule is COc1ccc(Br)cc1CN(C)C(=O)CCc1nc2sc3c(c2c(=O)[nH]1)CCC3. The number of nitrogens with zero attached hydrogens (tertiary/aromatic N) is 2. The Morgan fingerprint density at radius 1 is 1.38 bits per heavy atom. The summed E-state index contributed by atoms with van der Waals surface area (Å²) in [5.41, 5.74) is 2.02. The van der Waals surface area contributed by atoms with E-state index in [2.05, 4.69) is 25.9 Å². The fraction of sp³-hybridized carbons (Fsp3) is 0.381. The summed E-state index contributed by atoms with van der Waals surface area (Å²) in [6, 6.07) is 5.73. The Hall–Kier alpha value is -2.19. The Morgan fingerprint density at radius 2 is 2.21 bits per heavy atom. The van der Waals surface area contributed by atoms with E-state index in [-0.39, 0.29) is 17.9 Å². The number of hydrogen-bond donors (Lipinski definition) is 1. The van der Waals surface area contributed by atoms with Crippen LogP contribution in [-0.2, 0) is 30.6 Å². The van der Waals surface area contributed by atoms with Crippen molar-refractivity contribution in [2.24, 2.45) is 0 Å². The van der Waals surface area contributed by atoms with Gasteiger partial charge in [-0.3, -0.25) is 9.59 Å². The number of halogens is 1. The summed E-state index contributed by atoms with van der Waals surface area (Å²) >= 11 is 5.07. The highest BCUT2D eigenvalue weighted by atomic mass is 79.9. The molecule has 8 heteroatoms. The van der Waals surface area contributed by atoms with Crippen LogP contribution in [0.2, 0.25) is 0 Å². The number of methoxy groups -OCH3 is 1. The van der Waals surface area contributed by atoms with E-state index in [9.17, 15) is 9.59 Å². The largest absolute Gasteiger partial charge is 0.496 e. The molecular formula is C21H22BrN3O3S. The number of fused-ring (bicyclic) bond motifs is 3. The van der Waals surface area contributed by atoms with Gasteiger partial charge < -0.3 is 14.6 Å². The van der Waals surface area contributed by atoms with Gasteiger partial charge in [0.25, 0.3) is 5.56 Å². The van der Waals surface area contributed by atoms with Gasteiger partial charge in [0, 0.05) is 41.3 Å². The lowest BCUT2D eigenvalue weighted by molar-refractivity contribution is -0.130. The van der Waals surface area contributed by atoms with E-state index < -0.39 is 0 Å². The lowest BCUT2D eigenvalue weighted by atomic mass is 10.1. The predicted octanol–water partition coefficient (Wildman–Crippen LogP) is 3.84. The van der Waals surface area contributed by atoms with E-state index in [0.29, 0.717) is 18.8 Å². The third-order valence-electron chi connectivity index (χ3n) is 5.28. The van der Waals surface area contributed by atoms with E-state index in [4.69, 9.17) is 4.74 Å². The fourth-order valence-corrected chi connectivity index (χ4v) is 5.49. The van der Waals surface area contributed by atoms with Gasteiger partial charge in [-0.2, -0.15) is 0 Å². The number of rotatable bonds is 6. The Morgan fingerprint density at radius 3 is 3.00 bits per heavy atom. The monoisotopic (exact) mass is 475 g/mol. The van der Waals surface area contributed by atoms with Crippen molar-refractivity contribution >= 4 is 43.4 Å². The van der Waals surface area contributed by atoms with Crippen LogP contribution in [0.3, 0.4) is 0 Å². The maximum Gasteiger partial charge on any atom is 0.259 e. The normalized spacial score (nSPS) is 12.9. The number of ether oxygens (including phenoxy) is 1. The van der Waals surface area contributed by atoms with Crippen LogP contribution in [0.1, 0.15) is 34.7 Å². The number of thiophene rings is 1. The highest BCUT2D eigenvalue weighted by Crippen LogP contribution is 2.34. The van der Waals surface area contributed by atoms with Gasteiger partial charge in [0.05, 0.1) is 12.5 Å². The molecule has 1 N–H and O–H groups in total. The van der Waals surface area contributed by atoms with Gasteiger partial charge in [-0.05, 0) is 43.0 Å². The van der Waals surface area contributed by atoms with Crippen molar-refractivity contribution in [2.75, 3.05) is 14.2 Å². The van der Waals surface area contributed by atoms with Gasteiger partial charge in [-0.25, -0.2) is 4.98 Å². The predicted molar refractivity (Wildman–Crippen MR) is 118 cm³/mol. The van der Waals surface area contributed by atoms with Gasteiger partial charge in [-0.15, -0.1) is 11.3 Å². The molecule has 0 atom stereocenters. The van der Waals surface area contributed by atoms with Gasteiger partial charge in [0.1, 0.15) is 16.4 Å². The molecule has 0 saturated carbocycles. The quantitative estimate of drug-likeness (QED) is 0.587. The lowest BCUT2D eigenvalue weighted by Crippen LogP contribution is -2.27. The minimum atomic E-state index is -0.0796. The van der Waals surface area contributed by atoms with Crippen molar-refractivity contribution in [1.29, 1.82) is 0 Å². The van der Waals surface area contributed by atoms with Crippen molar-refractivity contribution in [3.05, 3.63) is 54.9 Å². The third kappa shape index (κ3) is 4.09. The number of aryl methyl sites for hydroxylation is 3. The number of amides is 1. The summed E-state index contributed by atoms with van der Waals surface area (Å²) in [6.45, 7) is 0.447. The van der Waals surface area contributed by atoms with E-state index >= 15 is 0 Å². The number of aromatic nitrogens is 2. The zero-order valence-corrected chi connectivity index (χ0v) is 18.8. The second-order valence-electron chi connectivity index (χ2n) is 7.26. The van der Waals surface area contributed by atoms with Gasteiger partial charge in [-0.1, -0.05) is 15.9 Å². The smallest absolute Gasteiger partial charge is 0.259 e. The van der Waals surface area contributed by atoms with Crippen LogP contribution in [0.25, 0.3) is 10.2 Å². The van der Waals surface area contributed by atoms with Crippen LogP contribution in [0.5, 0.6) is 5.75 Å². The average molecular weight is 476 g/mol. The van der Waals surface area contributed by atoms with Crippen molar-refractivity contribution in [1.82, 2.24) is 14.9 Å². The minimum Gasteiger partial charge on any atom is -0.496 e. The molecule has 6 nitrogen and oxygen atoms in total. The first-order chi connectivity index (χ1) is 14.0. The second kappa shape index (κ2) is 8.28. The van der Waals surface area contributed by atoms with Gasteiger partial charge in [0.15, 0.2) is 0 Å². The summed E-state index contributed by atoms with van der Waals surface area (Å²) in [6.07, 6.45) is 3.80. The molecule has 2 heterocycles. The van der Waals surface area contributed by atoms with Crippen LogP contribution in [0.15, 0.2) is 27.5 Å². The third-order valence-corrected chi connectivity index (χ3v) is 6.95. The van der Waals surface area contributed by atoms with Crippen LogP contribution in [-0.4, -0.2) is 34.9 Å². The van der Waals surface area contributed by atoms with Gasteiger partial charge >= 0.3 is 0 Å². The Labute approximate surface area is 181 Å². The molecule has 4 rings (SSSR count). The summed E-state index contributed by atoms with van der Waals surface area (Å²) in [5, 5.41) is 0.747. The number of benzene rings is 1. The summed E-state index contributed by atoms with van der Waals surface area (Å²) in [4.78, 5) is 36.4. The molecule has 1 aliphatic carbocycles. The number of hydrogen-bond acceptors (Lipinski definition) is 5. The van der Waals surface area contributed by atoms with Crippen LogP contribution in [0.4, 0.5) is 0 Å². The standard InChI is InChI=1S/C21H22BrN3O3S/c1-25(11-12-10-13(22)6-7-15(12)28-2)18(26)9-8-17-23-20(27)19-14-4-3-5-16(14)29-21(19)24-17/h6-7,10H,3-5,8-9,11H2,1-2H3,(H,23,24,27). The number of carbonyl (C=O) groups is 1. The molecule has 0 spiro atoms. The highest BCUT2D eigenvalue weighted by Gasteiger charge is 2.21. The van der Waals surface area contributed by atoms with E-state index in [1.165, 1.54) is 10.4 Å². The Kier molecular flexibility index (Phi) is 5.74. The number of carbonyl (C=O) groups excluding carboxylic acids is 1. The zero-order valence-electron chi connectivity index (χ0n) is 16.4. The van der Waals surface area contributed by atoms with Gasteiger partial charge in [0.2, 0.25) is 5.91 Å². The summed E-state index contributed by atoms with van der Waals surface area (Å²) < 4.78 is 6.32. The molecular weight excluding hydrogens is 454 g/mol. The average Bonchev–Trinajstić information content (AvgIpc) is 3.27. The molecule has 152 valence electrons. The van der Waals surface area contributed by atoms with Crippen molar-refractivity contribution < 1.29 is 9.53 Å². The van der Waals surface area contributed by atoms with E-state index in [1.54, 1.807) is 30.4 Å². The van der Waals surface area contributed by atoms with Crippen LogP contribution in [0, 0.1) is 0 Å². The molecule has 0 aliphatic heterocycles. The van der Waals surface area contributed by atoms with Crippen molar-refractivity contribution in [3.8, 4) is 5.75 Å². The summed E-state index contributed by atoms with van der Waals surface area (Å²) in [7, 11) is 3.39. The molecule has 0 unspecified atom stereocenters. The van der Waals surface area contributed by atoms with Crippen molar-refractivity contribution in [3.63, 3.8) is 0 Å².